The summed E-state index contributed by atoms with van der Waals surface area (Å²) in [5, 5.41) is 30.4. The lowest BCUT2D eigenvalue weighted by atomic mass is 10.2. The lowest BCUT2D eigenvalue weighted by Crippen LogP contribution is -2.05. The van der Waals surface area contributed by atoms with E-state index in [9.17, 15) is 9.90 Å². The zero-order chi connectivity index (χ0) is 10.8. The Balaban J connectivity index is 2.48. The number of carbonyl (C=O) groups is 1. The molecule has 7 nitrogen and oxygen atoms in total. The van der Waals surface area contributed by atoms with Crippen LogP contribution in [0.2, 0.25) is 0 Å². The van der Waals surface area contributed by atoms with Crippen molar-refractivity contribution in [3.05, 3.63) is 30.1 Å². The van der Waals surface area contributed by atoms with Crippen molar-refractivity contribution >= 4 is 5.97 Å². The molecule has 2 rings (SSSR count). The monoisotopic (exact) mass is 205 g/mol. The fraction of sp³-hybridized carbons (Fsp3) is 0. The molecule has 0 aliphatic rings. The molecule has 0 bridgehead atoms. The number of carboxylic acids is 1. The summed E-state index contributed by atoms with van der Waals surface area (Å²) in [7, 11) is 0. The Morgan fingerprint density at radius 2 is 2.27 bits per heavy atom. The molecule has 0 spiro atoms. The summed E-state index contributed by atoms with van der Waals surface area (Å²) in [5.41, 5.74) is 0.154. The first-order valence-corrected chi connectivity index (χ1v) is 3.96. The summed E-state index contributed by atoms with van der Waals surface area (Å²) >= 11 is 0. The van der Waals surface area contributed by atoms with Crippen LogP contribution in [0.5, 0.6) is 5.75 Å². The zero-order valence-corrected chi connectivity index (χ0v) is 7.36. The van der Waals surface area contributed by atoms with Gasteiger partial charge >= 0.3 is 5.97 Å². The van der Waals surface area contributed by atoms with Gasteiger partial charge in [-0.2, -0.15) is 0 Å². The number of hydrogen-bond acceptors (Lipinski definition) is 5. The molecule has 1 N–H and O–H groups in total. The number of rotatable bonds is 2. The molecule has 1 aromatic heterocycles. The molecule has 0 fully saturated rings. The van der Waals surface area contributed by atoms with Crippen molar-refractivity contribution in [3.8, 4) is 11.4 Å². The molecule has 76 valence electrons. The van der Waals surface area contributed by atoms with E-state index in [0.717, 1.165) is 6.07 Å². The quantitative estimate of drug-likeness (QED) is 0.704. The van der Waals surface area contributed by atoms with E-state index in [1.807, 2.05) is 0 Å². The maximum Gasteiger partial charge on any atom is 0.335 e. The van der Waals surface area contributed by atoms with Gasteiger partial charge in [0.25, 0.3) is 0 Å². The number of aromatic nitrogens is 4. The van der Waals surface area contributed by atoms with Crippen molar-refractivity contribution in [2.75, 3.05) is 0 Å². The molecule has 2 aromatic rings. The zero-order valence-electron chi connectivity index (χ0n) is 7.36. The van der Waals surface area contributed by atoms with Crippen LogP contribution in [0.4, 0.5) is 0 Å². The van der Waals surface area contributed by atoms with E-state index in [1.54, 1.807) is 0 Å². The van der Waals surface area contributed by atoms with E-state index in [-0.39, 0.29) is 11.3 Å². The van der Waals surface area contributed by atoms with Gasteiger partial charge in [0, 0.05) is 0 Å². The number of aromatic carboxylic acids is 1. The fourth-order valence-corrected chi connectivity index (χ4v) is 1.11. The summed E-state index contributed by atoms with van der Waals surface area (Å²) < 4.78 is 1.17. The molecule has 1 aromatic carbocycles. The van der Waals surface area contributed by atoms with Crippen LogP contribution in [-0.4, -0.2) is 31.3 Å². The lowest BCUT2D eigenvalue weighted by Gasteiger charge is -2.12. The van der Waals surface area contributed by atoms with E-state index in [0.29, 0.717) is 0 Å². The highest BCUT2D eigenvalue weighted by atomic mass is 16.4. The molecule has 0 saturated heterocycles. The third kappa shape index (κ3) is 1.62. The molecular weight excluding hydrogens is 200 g/mol. The minimum atomic E-state index is -1.14. The Labute approximate surface area is 83.6 Å². The molecule has 7 heteroatoms. The molecule has 0 aliphatic carbocycles. The average molecular weight is 205 g/mol. The molecule has 0 saturated carbocycles. The molecule has 0 aliphatic heterocycles. The van der Waals surface area contributed by atoms with Gasteiger partial charge in [-0.05, 0) is 22.6 Å². The maximum absolute atomic E-state index is 11.5. The molecule has 0 amide bonds. The Morgan fingerprint density at radius 1 is 1.47 bits per heavy atom. The van der Waals surface area contributed by atoms with Crippen molar-refractivity contribution in [3.63, 3.8) is 0 Å². The highest BCUT2D eigenvalue weighted by Crippen LogP contribution is 2.18. The first-order valence-electron chi connectivity index (χ1n) is 3.96. The van der Waals surface area contributed by atoms with Crippen LogP contribution in [0.25, 0.3) is 5.69 Å². The largest absolute Gasteiger partial charge is 0.871 e. The first kappa shape index (κ1) is 9.13. The molecule has 0 unspecified atom stereocenters. The van der Waals surface area contributed by atoms with Gasteiger partial charge in [-0.25, -0.2) is 9.48 Å². The maximum atomic E-state index is 11.5. The highest BCUT2D eigenvalue weighted by Gasteiger charge is 2.04. The van der Waals surface area contributed by atoms with Gasteiger partial charge < -0.3 is 10.2 Å². The van der Waals surface area contributed by atoms with Crippen LogP contribution < -0.4 is 5.11 Å². The second kappa shape index (κ2) is 3.37. The van der Waals surface area contributed by atoms with E-state index in [1.165, 1.54) is 23.1 Å². The first-order chi connectivity index (χ1) is 7.18. The van der Waals surface area contributed by atoms with Crippen molar-refractivity contribution in [2.45, 2.75) is 0 Å². The van der Waals surface area contributed by atoms with Crippen molar-refractivity contribution in [2.24, 2.45) is 0 Å². The standard InChI is InChI=1S/C8H6N4O3/c13-7-3-5(8(14)15)1-2-6(7)12-4-9-10-11-12/h1-4,13H,(H,14,15)/p-1. The third-order valence-corrected chi connectivity index (χ3v) is 1.80. The van der Waals surface area contributed by atoms with Crippen LogP contribution in [0, 0.1) is 0 Å². The topological polar surface area (TPSA) is 104 Å². The highest BCUT2D eigenvalue weighted by molar-refractivity contribution is 5.88. The minimum absolute atomic E-state index is 0.0585. The van der Waals surface area contributed by atoms with Crippen LogP contribution >= 0.6 is 0 Å². The SMILES string of the molecule is O=C(O)c1ccc(-n2cnnn2)c([O-])c1. The van der Waals surface area contributed by atoms with Gasteiger partial charge in [0.05, 0.1) is 11.3 Å². The molecule has 15 heavy (non-hydrogen) atoms. The normalized spacial score (nSPS) is 10.1. The predicted octanol–water partition coefficient (Wildman–Crippen LogP) is -0.566. The van der Waals surface area contributed by atoms with Gasteiger partial charge in [-0.3, -0.25) is 0 Å². The van der Waals surface area contributed by atoms with Gasteiger partial charge in [0.15, 0.2) is 0 Å². The summed E-state index contributed by atoms with van der Waals surface area (Å²) in [5.74, 6) is -1.59. The number of benzene rings is 1. The number of nitrogens with zero attached hydrogens (tertiary/aromatic N) is 4. The Kier molecular flexibility index (Phi) is 2.05. The average Bonchev–Trinajstić information content (AvgIpc) is 2.70. The van der Waals surface area contributed by atoms with E-state index >= 15 is 0 Å². The Hall–Kier alpha value is -2.44. The van der Waals surface area contributed by atoms with Crippen molar-refractivity contribution < 1.29 is 15.0 Å². The number of hydrogen-bond donors (Lipinski definition) is 1. The number of carboxylic acid groups (broad SMARTS) is 1. The smallest absolute Gasteiger partial charge is 0.335 e. The van der Waals surface area contributed by atoms with Crippen molar-refractivity contribution in [1.29, 1.82) is 0 Å². The molecule has 0 radical (unpaired) electrons. The van der Waals surface area contributed by atoms with Crippen LogP contribution in [0.3, 0.4) is 0 Å². The van der Waals surface area contributed by atoms with E-state index in [2.05, 4.69) is 15.5 Å². The minimum Gasteiger partial charge on any atom is -0.871 e. The van der Waals surface area contributed by atoms with Crippen LogP contribution in [0.1, 0.15) is 10.4 Å². The predicted molar refractivity (Wildman–Crippen MR) is 45.6 cm³/mol. The molecular formula is C8H5N4O3-. The number of tetrazole rings is 1. The second-order valence-corrected chi connectivity index (χ2v) is 2.74. The summed E-state index contributed by atoms with van der Waals surface area (Å²) in [6.07, 6.45) is 1.26. The lowest BCUT2D eigenvalue weighted by molar-refractivity contribution is -0.268. The summed E-state index contributed by atoms with van der Waals surface area (Å²) in [6, 6.07) is 3.71. The van der Waals surface area contributed by atoms with Crippen molar-refractivity contribution in [1.82, 2.24) is 20.2 Å². The van der Waals surface area contributed by atoms with Crippen LogP contribution in [0.15, 0.2) is 24.5 Å². The summed E-state index contributed by atoms with van der Waals surface area (Å²) in [4.78, 5) is 10.6. The van der Waals surface area contributed by atoms with E-state index < -0.39 is 11.7 Å². The fourth-order valence-electron chi connectivity index (χ4n) is 1.11. The van der Waals surface area contributed by atoms with Gasteiger partial charge in [-0.15, -0.1) is 5.10 Å². The van der Waals surface area contributed by atoms with Gasteiger partial charge in [-0.1, -0.05) is 11.8 Å². The van der Waals surface area contributed by atoms with Gasteiger partial charge in [0.2, 0.25) is 0 Å². The third-order valence-electron chi connectivity index (χ3n) is 1.80. The van der Waals surface area contributed by atoms with E-state index in [4.69, 9.17) is 5.11 Å². The van der Waals surface area contributed by atoms with Crippen LogP contribution in [-0.2, 0) is 0 Å². The Morgan fingerprint density at radius 3 is 2.80 bits per heavy atom. The molecule has 1 heterocycles. The Bertz CT molecular complexity index is 495. The van der Waals surface area contributed by atoms with Gasteiger partial charge in [0.1, 0.15) is 6.33 Å². The summed E-state index contributed by atoms with van der Waals surface area (Å²) in [6.45, 7) is 0. The molecule has 0 atom stereocenters. The second-order valence-electron chi connectivity index (χ2n) is 2.74.